The molecule has 0 radical (unpaired) electrons. The van der Waals surface area contributed by atoms with Crippen LogP contribution in [-0.2, 0) is 26.0 Å². The molecule has 0 spiro atoms. The molecule has 0 saturated carbocycles. The van der Waals surface area contributed by atoms with Crippen LogP contribution >= 0.6 is 0 Å². The third-order valence-electron chi connectivity index (χ3n) is 5.90. The lowest BCUT2D eigenvalue weighted by atomic mass is 10.1. The van der Waals surface area contributed by atoms with Gasteiger partial charge in [0.2, 0.25) is 5.91 Å². The zero-order chi connectivity index (χ0) is 21.8. The van der Waals surface area contributed by atoms with Crippen LogP contribution in [0.3, 0.4) is 0 Å². The number of hydrogen-bond acceptors (Lipinski definition) is 5. The normalized spacial score (nSPS) is 20.9. The van der Waals surface area contributed by atoms with Crippen LogP contribution in [-0.4, -0.2) is 36.9 Å². The van der Waals surface area contributed by atoms with Crippen LogP contribution in [0.2, 0.25) is 0 Å². The molecular weight excluding hydrogens is 416 g/mol. The van der Waals surface area contributed by atoms with Crippen molar-refractivity contribution in [2.75, 3.05) is 16.2 Å². The van der Waals surface area contributed by atoms with Gasteiger partial charge in [0.1, 0.15) is 11.9 Å². The van der Waals surface area contributed by atoms with Crippen LogP contribution in [0.1, 0.15) is 44.2 Å². The average molecular weight is 441 g/mol. The molecule has 1 aromatic heterocycles. The predicted molar refractivity (Wildman–Crippen MR) is 118 cm³/mol. The van der Waals surface area contributed by atoms with Crippen molar-refractivity contribution < 1.29 is 17.9 Å². The minimum absolute atomic E-state index is 0.0132. The first kappa shape index (κ1) is 20.0. The standard InChI is InChI=1S/C22H24N4O4S/c1-13-10-15-11-17(6-8-20(15)26(13)14(2)27)31(28,29)25-16-5-7-18-19(12-16)24-22(23-18)21-4-3-9-30-21/h5-8,11-13,21,25H,3-4,9-10H2,1-2H3,(H,23,24). The summed E-state index contributed by atoms with van der Waals surface area (Å²) in [5.41, 5.74) is 3.61. The van der Waals surface area contributed by atoms with Gasteiger partial charge in [0.25, 0.3) is 10.0 Å². The van der Waals surface area contributed by atoms with Gasteiger partial charge in [-0.05, 0) is 68.1 Å². The number of carbonyl (C=O) groups is 1. The van der Waals surface area contributed by atoms with Gasteiger partial charge >= 0.3 is 0 Å². The number of benzene rings is 2. The molecule has 2 aromatic carbocycles. The summed E-state index contributed by atoms with van der Waals surface area (Å²) in [6, 6.07) is 10.1. The fraction of sp³-hybridized carbons (Fsp3) is 0.364. The van der Waals surface area contributed by atoms with Gasteiger partial charge in [0.15, 0.2) is 0 Å². The molecule has 2 N–H and O–H groups in total. The molecule has 0 bridgehead atoms. The summed E-state index contributed by atoms with van der Waals surface area (Å²) in [6.07, 6.45) is 2.54. The number of aromatic amines is 1. The molecule has 5 rings (SSSR count). The Morgan fingerprint density at radius 3 is 2.84 bits per heavy atom. The van der Waals surface area contributed by atoms with Gasteiger partial charge in [-0.1, -0.05) is 0 Å². The molecule has 2 atom stereocenters. The maximum Gasteiger partial charge on any atom is 0.261 e. The number of rotatable bonds is 4. The van der Waals surface area contributed by atoms with Crippen molar-refractivity contribution in [1.82, 2.24) is 9.97 Å². The van der Waals surface area contributed by atoms with Crippen LogP contribution in [0, 0.1) is 0 Å². The highest BCUT2D eigenvalue weighted by atomic mass is 32.2. The Labute approximate surface area is 180 Å². The van der Waals surface area contributed by atoms with Gasteiger partial charge in [0, 0.05) is 25.3 Å². The molecule has 0 aliphatic carbocycles. The second kappa shape index (κ2) is 7.35. The van der Waals surface area contributed by atoms with E-state index in [1.54, 1.807) is 41.3 Å². The van der Waals surface area contributed by atoms with Crippen LogP contribution < -0.4 is 9.62 Å². The Kier molecular flexibility index (Phi) is 4.75. The number of H-pyrrole nitrogens is 1. The van der Waals surface area contributed by atoms with Gasteiger partial charge in [-0.2, -0.15) is 0 Å². The number of ether oxygens (including phenoxy) is 1. The number of imidazole rings is 1. The Balaban J connectivity index is 1.41. The van der Waals surface area contributed by atoms with Crippen molar-refractivity contribution in [3.63, 3.8) is 0 Å². The number of anilines is 2. The van der Waals surface area contributed by atoms with Gasteiger partial charge in [0.05, 0.1) is 21.6 Å². The van der Waals surface area contributed by atoms with Gasteiger partial charge in [-0.3, -0.25) is 9.52 Å². The highest BCUT2D eigenvalue weighted by Crippen LogP contribution is 2.34. The second-order valence-corrected chi connectivity index (χ2v) is 9.88. The smallest absolute Gasteiger partial charge is 0.261 e. The number of fused-ring (bicyclic) bond motifs is 2. The highest BCUT2D eigenvalue weighted by Gasteiger charge is 2.30. The maximum atomic E-state index is 13.0. The molecule has 3 aromatic rings. The summed E-state index contributed by atoms with van der Waals surface area (Å²) >= 11 is 0. The maximum absolute atomic E-state index is 13.0. The van der Waals surface area contributed by atoms with Gasteiger partial charge in [-0.25, -0.2) is 13.4 Å². The first-order valence-corrected chi connectivity index (χ1v) is 11.9. The summed E-state index contributed by atoms with van der Waals surface area (Å²) in [4.78, 5) is 21.6. The fourth-order valence-corrected chi connectivity index (χ4v) is 5.61. The summed E-state index contributed by atoms with van der Waals surface area (Å²) in [5, 5.41) is 0. The van der Waals surface area contributed by atoms with E-state index in [4.69, 9.17) is 4.74 Å². The van der Waals surface area contributed by atoms with Crippen molar-refractivity contribution in [1.29, 1.82) is 0 Å². The molecular formula is C22H24N4O4S. The fourth-order valence-electron chi connectivity index (χ4n) is 4.51. The van der Waals surface area contributed by atoms with Crippen molar-refractivity contribution in [2.45, 2.75) is 50.2 Å². The highest BCUT2D eigenvalue weighted by molar-refractivity contribution is 7.92. The summed E-state index contributed by atoms with van der Waals surface area (Å²) in [5.74, 6) is 0.727. The van der Waals surface area contributed by atoms with Crippen LogP contribution in [0.5, 0.6) is 0 Å². The topological polar surface area (TPSA) is 104 Å². The van der Waals surface area contributed by atoms with Gasteiger partial charge in [-0.15, -0.1) is 0 Å². The van der Waals surface area contributed by atoms with Crippen molar-refractivity contribution in [3.8, 4) is 0 Å². The van der Waals surface area contributed by atoms with E-state index in [1.807, 2.05) is 6.92 Å². The third-order valence-corrected chi connectivity index (χ3v) is 7.28. The van der Waals surface area contributed by atoms with Gasteiger partial charge < -0.3 is 14.6 Å². The van der Waals surface area contributed by atoms with E-state index in [1.165, 1.54) is 6.92 Å². The number of nitrogens with zero attached hydrogens (tertiary/aromatic N) is 2. The zero-order valence-corrected chi connectivity index (χ0v) is 18.2. The van der Waals surface area contributed by atoms with E-state index < -0.39 is 10.0 Å². The number of amides is 1. The molecule has 1 amide bonds. The van der Waals surface area contributed by atoms with Crippen molar-refractivity contribution in [3.05, 3.63) is 47.8 Å². The van der Waals surface area contributed by atoms with E-state index in [-0.39, 0.29) is 22.9 Å². The number of aromatic nitrogens is 2. The van der Waals surface area contributed by atoms with E-state index >= 15 is 0 Å². The average Bonchev–Trinajstić information content (AvgIpc) is 3.43. The summed E-state index contributed by atoms with van der Waals surface area (Å²) in [6.45, 7) is 4.21. The Morgan fingerprint density at radius 1 is 1.26 bits per heavy atom. The molecule has 9 heteroatoms. The molecule has 31 heavy (non-hydrogen) atoms. The lowest BCUT2D eigenvalue weighted by Gasteiger charge is -2.20. The second-order valence-electron chi connectivity index (χ2n) is 8.19. The van der Waals surface area contributed by atoms with Crippen LogP contribution in [0.15, 0.2) is 41.3 Å². The number of nitrogens with one attached hydrogen (secondary N) is 2. The molecule has 3 heterocycles. The lowest BCUT2D eigenvalue weighted by Crippen LogP contribution is -2.33. The molecule has 2 aliphatic rings. The first-order valence-electron chi connectivity index (χ1n) is 10.4. The molecule has 1 fully saturated rings. The van der Waals surface area contributed by atoms with E-state index in [2.05, 4.69) is 14.7 Å². The first-order chi connectivity index (χ1) is 14.8. The third kappa shape index (κ3) is 3.57. The van der Waals surface area contributed by atoms with Crippen molar-refractivity contribution in [2.24, 2.45) is 0 Å². The number of sulfonamides is 1. The largest absolute Gasteiger partial charge is 0.370 e. The minimum atomic E-state index is -3.78. The summed E-state index contributed by atoms with van der Waals surface area (Å²) in [7, 11) is -3.78. The molecule has 2 aliphatic heterocycles. The summed E-state index contributed by atoms with van der Waals surface area (Å²) < 4.78 is 34.4. The van der Waals surface area contributed by atoms with Crippen molar-refractivity contribution >= 4 is 38.3 Å². The molecule has 162 valence electrons. The predicted octanol–water partition coefficient (Wildman–Crippen LogP) is 3.51. The Hall–Kier alpha value is -2.91. The number of hydrogen-bond donors (Lipinski definition) is 2. The minimum Gasteiger partial charge on any atom is -0.370 e. The monoisotopic (exact) mass is 440 g/mol. The van der Waals surface area contributed by atoms with Crippen LogP contribution in [0.25, 0.3) is 11.0 Å². The van der Waals surface area contributed by atoms with Crippen LogP contribution in [0.4, 0.5) is 11.4 Å². The Bertz CT molecular complexity index is 1280. The number of carbonyl (C=O) groups excluding carboxylic acids is 1. The molecule has 8 nitrogen and oxygen atoms in total. The molecule has 2 unspecified atom stereocenters. The van der Waals surface area contributed by atoms with E-state index in [9.17, 15) is 13.2 Å². The lowest BCUT2D eigenvalue weighted by molar-refractivity contribution is -0.116. The van der Waals surface area contributed by atoms with E-state index in [0.29, 0.717) is 12.1 Å². The van der Waals surface area contributed by atoms with E-state index in [0.717, 1.165) is 47.6 Å². The zero-order valence-electron chi connectivity index (χ0n) is 17.4. The quantitative estimate of drug-likeness (QED) is 0.646. The SMILES string of the molecule is CC(=O)N1c2ccc(S(=O)(=O)Nc3ccc4nc(C5CCCO5)[nH]c4c3)cc2CC1C. The Morgan fingerprint density at radius 2 is 2.10 bits per heavy atom. The molecule has 1 saturated heterocycles.